The number of nitrogens with zero attached hydrogens (tertiary/aromatic N) is 4. The van der Waals surface area contributed by atoms with Gasteiger partial charge in [0.15, 0.2) is 5.69 Å². The van der Waals surface area contributed by atoms with Crippen LogP contribution >= 0.6 is 0 Å². The number of likely N-dealkylation sites (tertiary alicyclic amines) is 1. The molecule has 1 aliphatic heterocycles. The Kier molecular flexibility index (Phi) is 5.53. The Morgan fingerprint density at radius 2 is 1.93 bits per heavy atom. The Morgan fingerprint density at radius 3 is 2.63 bits per heavy atom. The number of carbonyl (C=O) groups excluding carboxylic acids is 1. The van der Waals surface area contributed by atoms with Crippen molar-refractivity contribution in [2.24, 2.45) is 0 Å². The minimum atomic E-state index is -0.0870. The van der Waals surface area contributed by atoms with Gasteiger partial charge in [0.2, 0.25) is 0 Å². The van der Waals surface area contributed by atoms with Crippen molar-refractivity contribution < 1.29 is 4.79 Å². The molecule has 1 aromatic carbocycles. The molecule has 6 heteroatoms. The number of hydrogen-bond donors (Lipinski definition) is 1. The maximum atomic E-state index is 12.1. The summed E-state index contributed by atoms with van der Waals surface area (Å²) in [7, 11) is 0. The fraction of sp³-hybridized carbons (Fsp3) is 0.571. The van der Waals surface area contributed by atoms with Crippen molar-refractivity contribution in [3.8, 4) is 0 Å². The van der Waals surface area contributed by atoms with E-state index in [1.807, 2.05) is 10.9 Å². The lowest BCUT2D eigenvalue weighted by atomic mass is 9.97. The average Bonchev–Trinajstić information content (AvgIpc) is 3.38. The lowest BCUT2D eigenvalue weighted by Gasteiger charge is -2.32. The number of hydrogen-bond acceptors (Lipinski definition) is 4. The van der Waals surface area contributed by atoms with Crippen LogP contribution in [0, 0.1) is 0 Å². The van der Waals surface area contributed by atoms with Gasteiger partial charge in [-0.3, -0.25) is 4.79 Å². The molecule has 0 radical (unpaired) electrons. The van der Waals surface area contributed by atoms with Gasteiger partial charge < -0.3 is 10.2 Å². The van der Waals surface area contributed by atoms with Crippen molar-refractivity contribution in [1.82, 2.24) is 25.2 Å². The van der Waals surface area contributed by atoms with Gasteiger partial charge >= 0.3 is 0 Å². The Morgan fingerprint density at radius 1 is 1.19 bits per heavy atom. The molecule has 144 valence electrons. The Labute approximate surface area is 160 Å². The zero-order valence-corrected chi connectivity index (χ0v) is 16.1. The summed E-state index contributed by atoms with van der Waals surface area (Å²) in [5, 5.41) is 11.3. The van der Waals surface area contributed by atoms with Gasteiger partial charge in [-0.05, 0) is 50.1 Å². The number of benzene rings is 1. The van der Waals surface area contributed by atoms with Gasteiger partial charge in [-0.2, -0.15) is 0 Å². The molecule has 0 spiro atoms. The largest absolute Gasteiger partial charge is 0.348 e. The van der Waals surface area contributed by atoms with Crippen LogP contribution < -0.4 is 5.32 Å². The number of rotatable bonds is 7. The maximum Gasteiger partial charge on any atom is 0.273 e. The second-order valence-electron chi connectivity index (χ2n) is 8.00. The monoisotopic (exact) mass is 367 g/mol. The highest BCUT2D eigenvalue weighted by molar-refractivity contribution is 5.92. The third kappa shape index (κ3) is 4.75. The smallest absolute Gasteiger partial charge is 0.273 e. The van der Waals surface area contributed by atoms with Crippen LogP contribution in [0.1, 0.15) is 67.0 Å². The molecule has 1 aliphatic carbocycles. The zero-order chi connectivity index (χ0) is 18.6. The van der Waals surface area contributed by atoms with Gasteiger partial charge in [0.25, 0.3) is 5.91 Å². The van der Waals surface area contributed by atoms with E-state index in [1.165, 1.54) is 12.0 Å². The van der Waals surface area contributed by atoms with Crippen LogP contribution in [0.3, 0.4) is 0 Å². The van der Waals surface area contributed by atoms with E-state index < -0.39 is 0 Å². The van der Waals surface area contributed by atoms with Gasteiger partial charge in [0, 0.05) is 19.1 Å². The predicted molar refractivity (Wildman–Crippen MR) is 105 cm³/mol. The number of nitrogens with one attached hydrogen (secondary N) is 1. The first kappa shape index (κ1) is 18.2. The number of amides is 1. The minimum absolute atomic E-state index is 0.0870. The van der Waals surface area contributed by atoms with Crippen LogP contribution in [-0.4, -0.2) is 51.5 Å². The van der Waals surface area contributed by atoms with E-state index in [0.29, 0.717) is 23.7 Å². The molecule has 1 amide bonds. The highest BCUT2D eigenvalue weighted by Gasteiger charge is 2.26. The van der Waals surface area contributed by atoms with Crippen molar-refractivity contribution in [3.63, 3.8) is 0 Å². The van der Waals surface area contributed by atoms with Crippen molar-refractivity contribution in [3.05, 3.63) is 47.8 Å². The summed E-state index contributed by atoms with van der Waals surface area (Å²) in [5.41, 5.74) is 1.87. The second kappa shape index (κ2) is 8.21. The molecule has 4 rings (SSSR count). The second-order valence-corrected chi connectivity index (χ2v) is 8.00. The fourth-order valence-electron chi connectivity index (χ4n) is 3.78. The van der Waals surface area contributed by atoms with E-state index in [9.17, 15) is 4.79 Å². The lowest BCUT2D eigenvalue weighted by Crippen LogP contribution is -2.35. The molecule has 2 fully saturated rings. The highest BCUT2D eigenvalue weighted by Crippen LogP contribution is 2.24. The molecule has 6 nitrogen and oxygen atoms in total. The first-order valence-electron chi connectivity index (χ1n) is 10.2. The summed E-state index contributed by atoms with van der Waals surface area (Å²) < 4.78 is 1.89. The molecular weight excluding hydrogens is 338 g/mol. The van der Waals surface area contributed by atoms with Crippen LogP contribution in [0.4, 0.5) is 0 Å². The Hall–Kier alpha value is -2.21. The SMILES string of the molecule is CC(CCN1CCC(n2cc(C(=O)NC3CC3)nn2)CC1)c1ccccc1. The number of aromatic nitrogens is 3. The molecule has 0 bridgehead atoms. The van der Waals surface area contributed by atoms with E-state index in [0.717, 1.165) is 45.3 Å². The summed E-state index contributed by atoms with van der Waals surface area (Å²) in [4.78, 5) is 14.6. The molecule has 1 atom stereocenters. The molecule has 2 aromatic rings. The van der Waals surface area contributed by atoms with E-state index in [4.69, 9.17) is 0 Å². The summed E-state index contributed by atoms with van der Waals surface area (Å²) in [5.74, 6) is 0.503. The van der Waals surface area contributed by atoms with Crippen molar-refractivity contribution >= 4 is 5.91 Å². The topological polar surface area (TPSA) is 63.1 Å². The molecule has 2 aliphatic rings. The van der Waals surface area contributed by atoms with Crippen LogP contribution in [0.25, 0.3) is 0 Å². The third-order valence-electron chi connectivity index (χ3n) is 5.83. The molecule has 1 saturated heterocycles. The molecule has 1 saturated carbocycles. The van der Waals surface area contributed by atoms with Crippen molar-refractivity contribution in [2.75, 3.05) is 19.6 Å². The first-order chi connectivity index (χ1) is 13.2. The first-order valence-corrected chi connectivity index (χ1v) is 10.2. The van der Waals surface area contributed by atoms with E-state index >= 15 is 0 Å². The third-order valence-corrected chi connectivity index (χ3v) is 5.83. The lowest BCUT2D eigenvalue weighted by molar-refractivity contribution is 0.0946. The van der Waals surface area contributed by atoms with Gasteiger partial charge in [0.05, 0.1) is 12.2 Å². The quantitative estimate of drug-likeness (QED) is 0.817. The standard InChI is InChI=1S/C21H29N5O/c1-16(17-5-3-2-4-6-17)9-12-25-13-10-19(11-14-25)26-15-20(23-24-26)21(27)22-18-7-8-18/h2-6,15-16,18-19H,7-14H2,1H3,(H,22,27). The fourth-order valence-corrected chi connectivity index (χ4v) is 3.78. The van der Waals surface area contributed by atoms with Crippen LogP contribution in [0.15, 0.2) is 36.5 Å². The summed E-state index contributed by atoms with van der Waals surface area (Å²) in [6, 6.07) is 11.5. The number of carbonyl (C=O) groups is 1. The molecule has 27 heavy (non-hydrogen) atoms. The van der Waals surface area contributed by atoms with Gasteiger partial charge in [-0.15, -0.1) is 5.10 Å². The van der Waals surface area contributed by atoms with Gasteiger partial charge in [0.1, 0.15) is 0 Å². The van der Waals surface area contributed by atoms with E-state index in [2.05, 4.69) is 57.8 Å². The maximum absolute atomic E-state index is 12.1. The molecular formula is C21H29N5O. The van der Waals surface area contributed by atoms with Crippen LogP contribution in [0.2, 0.25) is 0 Å². The molecule has 1 unspecified atom stereocenters. The zero-order valence-electron chi connectivity index (χ0n) is 16.1. The normalized spacial score (nSPS) is 19.7. The summed E-state index contributed by atoms with van der Waals surface area (Å²) >= 11 is 0. The van der Waals surface area contributed by atoms with E-state index in [-0.39, 0.29) is 5.91 Å². The highest BCUT2D eigenvalue weighted by atomic mass is 16.2. The molecule has 2 heterocycles. The van der Waals surface area contributed by atoms with Gasteiger partial charge in [-0.25, -0.2) is 4.68 Å². The van der Waals surface area contributed by atoms with Crippen molar-refractivity contribution in [2.45, 2.75) is 57.0 Å². The molecule has 1 N–H and O–H groups in total. The molecule has 1 aromatic heterocycles. The Balaban J connectivity index is 1.23. The number of piperidine rings is 1. The van der Waals surface area contributed by atoms with Crippen LogP contribution in [-0.2, 0) is 0 Å². The van der Waals surface area contributed by atoms with E-state index in [1.54, 1.807) is 0 Å². The summed E-state index contributed by atoms with van der Waals surface area (Å²) in [6.07, 6.45) is 7.29. The minimum Gasteiger partial charge on any atom is -0.348 e. The average molecular weight is 367 g/mol. The predicted octanol–water partition coefficient (Wildman–Crippen LogP) is 3.00. The van der Waals surface area contributed by atoms with Crippen molar-refractivity contribution in [1.29, 1.82) is 0 Å². The Bertz CT molecular complexity index is 747. The summed E-state index contributed by atoms with van der Waals surface area (Å²) in [6.45, 7) is 5.60. The van der Waals surface area contributed by atoms with Crippen LogP contribution in [0.5, 0.6) is 0 Å². The van der Waals surface area contributed by atoms with Gasteiger partial charge in [-0.1, -0.05) is 42.5 Å².